The third kappa shape index (κ3) is 5.15. The van der Waals surface area contributed by atoms with E-state index in [1.165, 1.54) is 12.5 Å². The molecule has 1 heterocycles. The molecule has 2 N–H and O–H groups in total. The zero-order valence-electron chi connectivity index (χ0n) is 16.1. The van der Waals surface area contributed by atoms with Gasteiger partial charge in [-0.3, -0.25) is 14.9 Å². The molecule has 5 heteroatoms. The molecule has 3 rings (SSSR count). The molecule has 0 unspecified atom stereocenters. The molecule has 0 saturated carbocycles. The van der Waals surface area contributed by atoms with E-state index in [9.17, 15) is 9.59 Å². The minimum Gasteiger partial charge on any atom is -0.325 e. The Bertz CT molecular complexity index is 934. The van der Waals surface area contributed by atoms with Crippen LogP contribution in [0.1, 0.15) is 46.3 Å². The number of carbonyl (C=O) groups is 2. The fourth-order valence-electron chi connectivity index (χ4n) is 3.00. The molecule has 4 nitrogen and oxygen atoms in total. The van der Waals surface area contributed by atoms with Crippen LogP contribution in [0.5, 0.6) is 0 Å². The molecule has 0 fully saturated rings. The van der Waals surface area contributed by atoms with Gasteiger partial charge in [-0.1, -0.05) is 49.4 Å². The Morgan fingerprint density at radius 3 is 2.46 bits per heavy atom. The van der Waals surface area contributed by atoms with Gasteiger partial charge in [0.15, 0.2) is 5.78 Å². The van der Waals surface area contributed by atoms with Crippen LogP contribution in [0.2, 0.25) is 0 Å². The van der Waals surface area contributed by atoms with Gasteiger partial charge in [-0.15, -0.1) is 11.3 Å². The lowest BCUT2D eigenvalue weighted by Crippen LogP contribution is -2.31. The Hall–Kier alpha value is -2.76. The molecule has 0 aliphatic rings. The van der Waals surface area contributed by atoms with Gasteiger partial charge in [0.2, 0.25) is 5.91 Å². The lowest BCUT2D eigenvalue weighted by molar-refractivity contribution is -0.115. The van der Waals surface area contributed by atoms with Gasteiger partial charge in [0.05, 0.1) is 12.6 Å². The van der Waals surface area contributed by atoms with E-state index in [0.29, 0.717) is 11.3 Å². The number of hydrogen-bond acceptors (Lipinski definition) is 4. The van der Waals surface area contributed by atoms with Gasteiger partial charge >= 0.3 is 0 Å². The second-order valence-electron chi connectivity index (χ2n) is 6.61. The number of carbonyl (C=O) groups excluding carboxylic acids is 2. The minimum absolute atomic E-state index is 0.0255. The molecule has 0 radical (unpaired) electrons. The molecule has 28 heavy (non-hydrogen) atoms. The SMILES string of the molecule is CCc1ccc([C@H](NCC(=O)Nc2cccc(C(C)=O)c2)c2cccs2)cc1. The Morgan fingerprint density at radius 2 is 1.82 bits per heavy atom. The van der Waals surface area contributed by atoms with Crippen molar-refractivity contribution in [2.75, 3.05) is 11.9 Å². The van der Waals surface area contributed by atoms with Crippen molar-refractivity contribution in [3.05, 3.63) is 87.6 Å². The predicted molar refractivity (Wildman–Crippen MR) is 115 cm³/mol. The molecule has 144 valence electrons. The number of amides is 1. The van der Waals surface area contributed by atoms with E-state index < -0.39 is 0 Å². The van der Waals surface area contributed by atoms with Crippen LogP contribution in [0.4, 0.5) is 5.69 Å². The van der Waals surface area contributed by atoms with Gasteiger partial charge in [0, 0.05) is 16.1 Å². The Balaban J connectivity index is 1.68. The smallest absolute Gasteiger partial charge is 0.238 e. The summed E-state index contributed by atoms with van der Waals surface area (Å²) in [5, 5.41) is 8.26. The van der Waals surface area contributed by atoms with Gasteiger partial charge < -0.3 is 5.32 Å². The summed E-state index contributed by atoms with van der Waals surface area (Å²) in [6.07, 6.45) is 0.999. The highest BCUT2D eigenvalue weighted by Crippen LogP contribution is 2.26. The molecule has 0 aliphatic heterocycles. The topological polar surface area (TPSA) is 58.2 Å². The average molecular weight is 393 g/mol. The number of rotatable bonds is 8. The van der Waals surface area contributed by atoms with Crippen molar-refractivity contribution in [3.8, 4) is 0 Å². The van der Waals surface area contributed by atoms with Crippen LogP contribution in [-0.4, -0.2) is 18.2 Å². The van der Waals surface area contributed by atoms with Gasteiger partial charge in [-0.25, -0.2) is 0 Å². The lowest BCUT2D eigenvalue weighted by atomic mass is 10.0. The maximum Gasteiger partial charge on any atom is 0.238 e. The summed E-state index contributed by atoms with van der Waals surface area (Å²) >= 11 is 1.66. The number of Topliss-reactive ketones (excluding diaryl/α,β-unsaturated/α-hetero) is 1. The highest BCUT2D eigenvalue weighted by atomic mass is 32.1. The van der Waals surface area contributed by atoms with E-state index in [-0.39, 0.29) is 24.3 Å². The molecule has 0 saturated heterocycles. The third-order valence-corrected chi connectivity index (χ3v) is 5.51. The summed E-state index contributed by atoms with van der Waals surface area (Å²) in [4.78, 5) is 25.1. The van der Waals surface area contributed by atoms with Crippen LogP contribution >= 0.6 is 11.3 Å². The van der Waals surface area contributed by atoms with Crippen molar-refractivity contribution in [1.29, 1.82) is 0 Å². The third-order valence-electron chi connectivity index (χ3n) is 4.57. The Morgan fingerprint density at radius 1 is 1.04 bits per heavy atom. The maximum atomic E-state index is 12.4. The first-order valence-electron chi connectivity index (χ1n) is 9.33. The second kappa shape index (κ2) is 9.44. The zero-order chi connectivity index (χ0) is 19.9. The molecular formula is C23H24N2O2S. The van der Waals surface area contributed by atoms with E-state index in [1.807, 2.05) is 11.4 Å². The van der Waals surface area contributed by atoms with Crippen LogP contribution in [0.25, 0.3) is 0 Å². The number of hydrogen-bond donors (Lipinski definition) is 2. The van der Waals surface area contributed by atoms with Gasteiger partial charge in [0.1, 0.15) is 0 Å². The van der Waals surface area contributed by atoms with Gasteiger partial charge in [-0.05, 0) is 48.1 Å². The predicted octanol–water partition coefficient (Wildman–Crippen LogP) is 4.83. The van der Waals surface area contributed by atoms with E-state index in [4.69, 9.17) is 0 Å². The van der Waals surface area contributed by atoms with Crippen molar-refractivity contribution >= 4 is 28.7 Å². The van der Waals surface area contributed by atoms with Crippen LogP contribution in [0, 0.1) is 0 Å². The summed E-state index contributed by atoms with van der Waals surface area (Å²) < 4.78 is 0. The molecule has 0 bridgehead atoms. The molecule has 3 aromatic rings. The molecule has 1 aromatic heterocycles. The molecule has 0 aliphatic carbocycles. The summed E-state index contributed by atoms with van der Waals surface area (Å²) in [7, 11) is 0. The first kappa shape index (κ1) is 20.0. The number of anilines is 1. The molecule has 1 amide bonds. The molecule has 1 atom stereocenters. The monoisotopic (exact) mass is 392 g/mol. The zero-order valence-corrected chi connectivity index (χ0v) is 16.9. The Kier molecular flexibility index (Phi) is 6.74. The average Bonchev–Trinajstić information content (AvgIpc) is 3.23. The van der Waals surface area contributed by atoms with Crippen LogP contribution in [0.15, 0.2) is 66.0 Å². The first-order chi connectivity index (χ1) is 13.6. The summed E-state index contributed by atoms with van der Waals surface area (Å²) in [5.74, 6) is -0.171. The maximum absolute atomic E-state index is 12.4. The van der Waals surface area contributed by atoms with Gasteiger partial charge in [0.25, 0.3) is 0 Å². The van der Waals surface area contributed by atoms with E-state index in [1.54, 1.807) is 35.6 Å². The molecular weight excluding hydrogens is 368 g/mol. The highest BCUT2D eigenvalue weighted by molar-refractivity contribution is 7.10. The summed E-state index contributed by atoms with van der Waals surface area (Å²) in [6, 6.07) is 19.5. The number of nitrogens with one attached hydrogen (secondary N) is 2. The van der Waals surface area contributed by atoms with E-state index >= 15 is 0 Å². The quantitative estimate of drug-likeness (QED) is 0.540. The number of ketones is 1. The summed E-state index contributed by atoms with van der Waals surface area (Å²) in [6.45, 7) is 3.82. The van der Waals surface area contributed by atoms with Crippen molar-refractivity contribution in [2.45, 2.75) is 26.3 Å². The van der Waals surface area contributed by atoms with Crippen molar-refractivity contribution in [1.82, 2.24) is 5.32 Å². The normalized spacial score (nSPS) is 11.8. The van der Waals surface area contributed by atoms with Gasteiger partial charge in [-0.2, -0.15) is 0 Å². The minimum atomic E-state index is -0.146. The van der Waals surface area contributed by atoms with Crippen molar-refractivity contribution in [3.63, 3.8) is 0 Å². The van der Waals surface area contributed by atoms with E-state index in [2.05, 4.69) is 47.9 Å². The molecule has 2 aromatic carbocycles. The van der Waals surface area contributed by atoms with Crippen LogP contribution < -0.4 is 10.6 Å². The van der Waals surface area contributed by atoms with Crippen LogP contribution in [0.3, 0.4) is 0 Å². The fraction of sp³-hybridized carbons (Fsp3) is 0.217. The van der Waals surface area contributed by atoms with Crippen molar-refractivity contribution in [2.24, 2.45) is 0 Å². The number of aryl methyl sites for hydroxylation is 1. The second-order valence-corrected chi connectivity index (χ2v) is 7.59. The van der Waals surface area contributed by atoms with Crippen molar-refractivity contribution < 1.29 is 9.59 Å². The van der Waals surface area contributed by atoms with Crippen LogP contribution in [-0.2, 0) is 11.2 Å². The largest absolute Gasteiger partial charge is 0.325 e. The Labute approximate surface area is 169 Å². The molecule has 0 spiro atoms. The summed E-state index contributed by atoms with van der Waals surface area (Å²) in [5.41, 5.74) is 3.63. The standard InChI is InChI=1S/C23H24N2O2S/c1-3-17-9-11-18(12-10-17)23(21-8-5-13-28-21)24-15-22(27)25-20-7-4-6-19(14-20)16(2)26/h4-14,23-24H,3,15H2,1-2H3,(H,25,27)/t23-/m0/s1. The number of benzene rings is 2. The lowest BCUT2D eigenvalue weighted by Gasteiger charge is -2.18. The fourth-order valence-corrected chi connectivity index (χ4v) is 3.83. The highest BCUT2D eigenvalue weighted by Gasteiger charge is 2.16. The first-order valence-corrected chi connectivity index (χ1v) is 10.2. The van der Waals surface area contributed by atoms with E-state index in [0.717, 1.165) is 16.9 Å². The number of thiophene rings is 1.